The van der Waals surface area contributed by atoms with Crippen LogP contribution in [0.4, 0.5) is 0 Å². The number of carboxylic acids is 1. The Labute approximate surface area is 116 Å². The molecule has 1 amide bonds. The summed E-state index contributed by atoms with van der Waals surface area (Å²) in [7, 11) is 0. The fourth-order valence-corrected chi connectivity index (χ4v) is 1.77. The molecule has 102 valence electrons. The van der Waals surface area contributed by atoms with Crippen LogP contribution in [0.25, 0.3) is 0 Å². The topological polar surface area (TPSA) is 79.3 Å². The molecular weight excluding hydrogens is 256 g/mol. The molecule has 20 heavy (non-hydrogen) atoms. The van der Waals surface area contributed by atoms with Gasteiger partial charge in [0.15, 0.2) is 0 Å². The summed E-state index contributed by atoms with van der Waals surface area (Å²) >= 11 is 0. The Morgan fingerprint density at radius 3 is 2.50 bits per heavy atom. The summed E-state index contributed by atoms with van der Waals surface area (Å²) in [4.78, 5) is 26.8. The molecule has 2 N–H and O–H groups in total. The number of carboxylic acid groups (broad SMARTS) is 1. The van der Waals surface area contributed by atoms with Crippen molar-refractivity contribution >= 4 is 11.9 Å². The average molecular weight is 270 g/mol. The second-order valence-corrected chi connectivity index (χ2v) is 4.32. The fourth-order valence-electron chi connectivity index (χ4n) is 1.77. The summed E-state index contributed by atoms with van der Waals surface area (Å²) in [6.07, 6.45) is 1.64. The van der Waals surface area contributed by atoms with E-state index in [2.05, 4.69) is 10.3 Å². The maximum absolute atomic E-state index is 12.0. The van der Waals surface area contributed by atoms with Gasteiger partial charge in [-0.25, -0.2) is 4.79 Å². The van der Waals surface area contributed by atoms with Gasteiger partial charge in [-0.15, -0.1) is 0 Å². The molecule has 0 radical (unpaired) electrons. The van der Waals surface area contributed by atoms with Crippen LogP contribution in [-0.4, -0.2) is 22.0 Å². The van der Waals surface area contributed by atoms with Crippen LogP contribution < -0.4 is 5.32 Å². The molecule has 5 nitrogen and oxygen atoms in total. The molecular formula is C15H14N2O3. The van der Waals surface area contributed by atoms with E-state index in [4.69, 9.17) is 5.11 Å². The lowest BCUT2D eigenvalue weighted by molar-refractivity contribution is 0.0696. The van der Waals surface area contributed by atoms with Gasteiger partial charge in [0.05, 0.1) is 11.1 Å². The Bertz CT molecular complexity index is 636. The number of rotatable bonds is 4. The van der Waals surface area contributed by atoms with Crippen LogP contribution in [0.15, 0.2) is 42.6 Å². The number of aryl methyl sites for hydroxylation is 1. The van der Waals surface area contributed by atoms with Crippen molar-refractivity contribution in [1.29, 1.82) is 0 Å². The standard InChI is InChI=1S/C15H14N2O3/c1-10-13(3-2-8-16-10)14(18)17-9-11-4-6-12(7-5-11)15(19)20/h2-8H,9H2,1H3,(H,17,18)(H,19,20). The molecule has 0 saturated carbocycles. The second kappa shape index (κ2) is 5.97. The number of benzene rings is 1. The molecule has 1 heterocycles. The zero-order valence-electron chi connectivity index (χ0n) is 11.0. The lowest BCUT2D eigenvalue weighted by atomic mass is 10.1. The van der Waals surface area contributed by atoms with E-state index in [1.807, 2.05) is 0 Å². The van der Waals surface area contributed by atoms with Gasteiger partial charge in [-0.1, -0.05) is 12.1 Å². The summed E-state index contributed by atoms with van der Waals surface area (Å²) in [5, 5.41) is 11.6. The SMILES string of the molecule is Cc1ncccc1C(=O)NCc1ccc(C(=O)O)cc1. The van der Waals surface area contributed by atoms with E-state index in [-0.39, 0.29) is 11.5 Å². The van der Waals surface area contributed by atoms with E-state index >= 15 is 0 Å². The first-order valence-corrected chi connectivity index (χ1v) is 6.10. The summed E-state index contributed by atoms with van der Waals surface area (Å²) in [5.74, 6) is -1.16. The molecule has 0 bridgehead atoms. The number of nitrogens with zero attached hydrogens (tertiary/aromatic N) is 1. The van der Waals surface area contributed by atoms with E-state index in [9.17, 15) is 9.59 Å². The summed E-state index contributed by atoms with van der Waals surface area (Å²) < 4.78 is 0. The highest BCUT2D eigenvalue weighted by Gasteiger charge is 2.08. The molecule has 0 aliphatic heterocycles. The van der Waals surface area contributed by atoms with Crippen molar-refractivity contribution in [3.8, 4) is 0 Å². The monoisotopic (exact) mass is 270 g/mol. The van der Waals surface area contributed by atoms with Gasteiger partial charge in [0, 0.05) is 18.4 Å². The molecule has 0 fully saturated rings. The highest BCUT2D eigenvalue weighted by molar-refractivity contribution is 5.95. The molecule has 5 heteroatoms. The summed E-state index contributed by atoms with van der Waals surface area (Å²) in [6, 6.07) is 9.81. The summed E-state index contributed by atoms with van der Waals surface area (Å²) in [6.45, 7) is 2.11. The van der Waals surface area contributed by atoms with Gasteiger partial charge in [0.2, 0.25) is 0 Å². The van der Waals surface area contributed by atoms with Crippen molar-refractivity contribution in [1.82, 2.24) is 10.3 Å². The van der Waals surface area contributed by atoms with Crippen molar-refractivity contribution < 1.29 is 14.7 Å². The molecule has 0 aliphatic rings. The molecule has 0 saturated heterocycles. The van der Waals surface area contributed by atoms with E-state index < -0.39 is 5.97 Å². The zero-order chi connectivity index (χ0) is 14.5. The zero-order valence-corrected chi connectivity index (χ0v) is 11.0. The van der Waals surface area contributed by atoms with Crippen molar-refractivity contribution in [2.75, 3.05) is 0 Å². The van der Waals surface area contributed by atoms with Crippen LogP contribution >= 0.6 is 0 Å². The van der Waals surface area contributed by atoms with Gasteiger partial charge < -0.3 is 10.4 Å². The minimum atomic E-state index is -0.966. The van der Waals surface area contributed by atoms with E-state index in [0.29, 0.717) is 17.8 Å². The number of pyridine rings is 1. The van der Waals surface area contributed by atoms with E-state index in [1.54, 1.807) is 37.4 Å². The third-order valence-electron chi connectivity index (χ3n) is 2.91. The van der Waals surface area contributed by atoms with Crippen LogP contribution in [-0.2, 0) is 6.54 Å². The molecule has 0 atom stereocenters. The number of carbonyl (C=O) groups excluding carboxylic acids is 1. The first-order valence-electron chi connectivity index (χ1n) is 6.10. The highest BCUT2D eigenvalue weighted by atomic mass is 16.4. The number of hydrogen-bond acceptors (Lipinski definition) is 3. The molecule has 1 aromatic carbocycles. The Morgan fingerprint density at radius 2 is 1.90 bits per heavy atom. The minimum absolute atomic E-state index is 0.196. The van der Waals surface area contributed by atoms with Crippen LogP contribution in [0.3, 0.4) is 0 Å². The average Bonchev–Trinajstić information content (AvgIpc) is 2.45. The largest absolute Gasteiger partial charge is 0.478 e. The van der Waals surface area contributed by atoms with Crippen molar-refractivity contribution in [3.63, 3.8) is 0 Å². The number of hydrogen-bond donors (Lipinski definition) is 2. The smallest absolute Gasteiger partial charge is 0.335 e. The van der Waals surface area contributed by atoms with Crippen molar-refractivity contribution in [2.24, 2.45) is 0 Å². The molecule has 1 aromatic heterocycles. The van der Waals surface area contributed by atoms with Gasteiger partial charge in [0.1, 0.15) is 0 Å². The summed E-state index contributed by atoms with van der Waals surface area (Å²) in [5.41, 5.74) is 2.27. The first-order chi connectivity index (χ1) is 9.58. The first kappa shape index (κ1) is 13.7. The van der Waals surface area contributed by atoms with E-state index in [1.165, 1.54) is 12.1 Å². The van der Waals surface area contributed by atoms with Gasteiger partial charge in [-0.3, -0.25) is 9.78 Å². The quantitative estimate of drug-likeness (QED) is 0.890. The third kappa shape index (κ3) is 3.20. The second-order valence-electron chi connectivity index (χ2n) is 4.32. The number of aromatic nitrogens is 1. The maximum atomic E-state index is 12.0. The fraction of sp³-hybridized carbons (Fsp3) is 0.133. The molecule has 0 spiro atoms. The Hall–Kier alpha value is -2.69. The third-order valence-corrected chi connectivity index (χ3v) is 2.91. The Kier molecular flexibility index (Phi) is 4.10. The molecule has 2 rings (SSSR count). The van der Waals surface area contributed by atoms with Crippen LogP contribution in [0.5, 0.6) is 0 Å². The Balaban J connectivity index is 2.00. The maximum Gasteiger partial charge on any atom is 0.335 e. The number of carbonyl (C=O) groups is 2. The molecule has 0 unspecified atom stereocenters. The van der Waals surface area contributed by atoms with Crippen molar-refractivity contribution in [2.45, 2.75) is 13.5 Å². The predicted molar refractivity (Wildman–Crippen MR) is 73.5 cm³/mol. The lowest BCUT2D eigenvalue weighted by Crippen LogP contribution is -2.23. The van der Waals surface area contributed by atoms with Gasteiger partial charge in [-0.05, 0) is 36.8 Å². The van der Waals surface area contributed by atoms with E-state index in [0.717, 1.165) is 5.56 Å². The van der Waals surface area contributed by atoms with Gasteiger partial charge in [0.25, 0.3) is 5.91 Å². The van der Waals surface area contributed by atoms with Crippen molar-refractivity contribution in [3.05, 3.63) is 65.0 Å². The minimum Gasteiger partial charge on any atom is -0.478 e. The number of amides is 1. The van der Waals surface area contributed by atoms with Gasteiger partial charge >= 0.3 is 5.97 Å². The van der Waals surface area contributed by atoms with Crippen LogP contribution in [0.1, 0.15) is 32.0 Å². The lowest BCUT2D eigenvalue weighted by Gasteiger charge is -2.07. The predicted octanol–water partition coefficient (Wildman–Crippen LogP) is 2.02. The molecule has 2 aromatic rings. The van der Waals surface area contributed by atoms with Crippen LogP contribution in [0, 0.1) is 6.92 Å². The molecule has 0 aliphatic carbocycles. The van der Waals surface area contributed by atoms with Crippen LogP contribution in [0.2, 0.25) is 0 Å². The highest BCUT2D eigenvalue weighted by Crippen LogP contribution is 2.06. The Morgan fingerprint density at radius 1 is 1.20 bits per heavy atom. The number of aromatic carboxylic acids is 1. The number of nitrogens with one attached hydrogen (secondary N) is 1. The normalized spacial score (nSPS) is 10.1. The van der Waals surface area contributed by atoms with Gasteiger partial charge in [-0.2, -0.15) is 0 Å².